The van der Waals surface area contributed by atoms with Crippen LogP contribution in [0.3, 0.4) is 0 Å². The van der Waals surface area contributed by atoms with Gasteiger partial charge in [0.25, 0.3) is 0 Å². The molecule has 0 amide bonds. The van der Waals surface area contributed by atoms with Crippen molar-refractivity contribution in [2.75, 3.05) is 26.1 Å². The molecule has 2 N–H and O–H groups in total. The number of anilines is 1. The molecule has 2 aromatic rings. The van der Waals surface area contributed by atoms with E-state index in [0.717, 1.165) is 11.1 Å². The van der Waals surface area contributed by atoms with Gasteiger partial charge in [-0.05, 0) is 23.7 Å². The molecule has 0 aromatic heterocycles. The summed E-state index contributed by atoms with van der Waals surface area (Å²) in [6.45, 7) is 0.490. The minimum Gasteiger partial charge on any atom is -0.357 e. The normalized spacial score (nSPS) is 10.8. The van der Waals surface area contributed by atoms with Gasteiger partial charge in [0.2, 0.25) is 0 Å². The molecule has 2 rings (SSSR count). The summed E-state index contributed by atoms with van der Waals surface area (Å²) < 4.78 is 10.2. The van der Waals surface area contributed by atoms with Gasteiger partial charge in [0.15, 0.2) is 11.4 Å². The Morgan fingerprint density at radius 3 is 2.55 bits per heavy atom. The molecule has 0 heterocycles. The lowest BCUT2D eigenvalue weighted by Crippen LogP contribution is -2.36. The van der Waals surface area contributed by atoms with Crippen LogP contribution in [0.2, 0.25) is 0 Å². The zero-order chi connectivity index (χ0) is 14.4. The third-order valence-corrected chi connectivity index (χ3v) is 3.24. The molecule has 106 valence electrons. The maximum Gasteiger partial charge on any atom is 0.174 e. The first kappa shape index (κ1) is 14.7. The van der Waals surface area contributed by atoms with Crippen LogP contribution < -0.4 is 10.6 Å². The molecule has 0 bridgehead atoms. The van der Waals surface area contributed by atoms with Crippen LogP contribution in [0.4, 0.5) is 5.69 Å². The van der Waals surface area contributed by atoms with Gasteiger partial charge >= 0.3 is 0 Å². The number of hydrogen-bond acceptors (Lipinski definition) is 3. The monoisotopic (exact) mass is 290 g/mol. The van der Waals surface area contributed by atoms with Crippen molar-refractivity contribution < 1.29 is 9.47 Å². The Bertz CT molecular complexity index is 580. The molecule has 2 aromatic carbocycles. The first-order valence-electron chi connectivity index (χ1n) is 6.33. The molecule has 20 heavy (non-hydrogen) atoms. The third kappa shape index (κ3) is 3.66. The number of fused-ring (bicyclic) bond motifs is 1. The number of nitrogens with one attached hydrogen (secondary N) is 2. The zero-order valence-electron chi connectivity index (χ0n) is 11.6. The van der Waals surface area contributed by atoms with E-state index in [4.69, 9.17) is 21.7 Å². The van der Waals surface area contributed by atoms with E-state index in [1.165, 1.54) is 5.39 Å². The van der Waals surface area contributed by atoms with Crippen LogP contribution in [0.5, 0.6) is 0 Å². The van der Waals surface area contributed by atoms with Crippen LogP contribution in [0.15, 0.2) is 42.5 Å². The third-order valence-electron chi connectivity index (χ3n) is 2.99. The fourth-order valence-electron chi connectivity index (χ4n) is 1.94. The average molecular weight is 290 g/mol. The van der Waals surface area contributed by atoms with Gasteiger partial charge in [0, 0.05) is 25.3 Å². The molecule has 0 aliphatic carbocycles. The Morgan fingerprint density at radius 2 is 1.80 bits per heavy atom. The Morgan fingerprint density at radius 1 is 1.10 bits per heavy atom. The van der Waals surface area contributed by atoms with Crippen LogP contribution in [0.25, 0.3) is 10.8 Å². The van der Waals surface area contributed by atoms with Gasteiger partial charge < -0.3 is 20.1 Å². The van der Waals surface area contributed by atoms with Crippen molar-refractivity contribution in [2.24, 2.45) is 0 Å². The zero-order valence-corrected chi connectivity index (χ0v) is 12.4. The van der Waals surface area contributed by atoms with Gasteiger partial charge in [0.05, 0.1) is 6.54 Å². The highest BCUT2D eigenvalue weighted by Crippen LogP contribution is 2.22. The molecule has 4 nitrogen and oxygen atoms in total. The van der Waals surface area contributed by atoms with Crippen molar-refractivity contribution in [3.63, 3.8) is 0 Å². The topological polar surface area (TPSA) is 42.5 Å². The molecule has 0 unspecified atom stereocenters. The van der Waals surface area contributed by atoms with Crippen molar-refractivity contribution in [1.82, 2.24) is 5.32 Å². The smallest absolute Gasteiger partial charge is 0.174 e. The molecular weight excluding hydrogens is 272 g/mol. The van der Waals surface area contributed by atoms with Crippen LogP contribution in [-0.4, -0.2) is 32.2 Å². The van der Waals surface area contributed by atoms with Crippen molar-refractivity contribution in [3.8, 4) is 0 Å². The molecule has 0 fully saturated rings. The molecular formula is C15H18N2O2S. The molecule has 0 atom stereocenters. The quantitative estimate of drug-likeness (QED) is 0.655. The maximum atomic E-state index is 5.28. The minimum atomic E-state index is -0.317. The lowest BCUT2D eigenvalue weighted by molar-refractivity contribution is -0.0964. The van der Waals surface area contributed by atoms with E-state index in [-0.39, 0.29) is 6.29 Å². The van der Waals surface area contributed by atoms with Gasteiger partial charge in [-0.2, -0.15) is 0 Å². The fraction of sp³-hybridized carbons (Fsp3) is 0.267. The predicted molar refractivity (Wildman–Crippen MR) is 86.0 cm³/mol. The summed E-state index contributed by atoms with van der Waals surface area (Å²) in [7, 11) is 3.19. The maximum absolute atomic E-state index is 5.28. The minimum absolute atomic E-state index is 0.317. The summed E-state index contributed by atoms with van der Waals surface area (Å²) in [5, 5.41) is 9.11. The Labute approximate surface area is 124 Å². The van der Waals surface area contributed by atoms with Crippen molar-refractivity contribution >= 4 is 33.8 Å². The van der Waals surface area contributed by atoms with Crippen LogP contribution >= 0.6 is 12.2 Å². The van der Waals surface area contributed by atoms with E-state index in [0.29, 0.717) is 11.7 Å². The summed E-state index contributed by atoms with van der Waals surface area (Å²) >= 11 is 5.28. The summed E-state index contributed by atoms with van der Waals surface area (Å²) in [6, 6.07) is 14.2. The second-order valence-corrected chi connectivity index (χ2v) is 4.67. The number of methoxy groups -OCH3 is 2. The number of hydrogen-bond donors (Lipinski definition) is 2. The molecule has 0 saturated heterocycles. The number of ether oxygens (including phenoxy) is 2. The van der Waals surface area contributed by atoms with E-state index in [1.54, 1.807) is 14.2 Å². The van der Waals surface area contributed by atoms with E-state index in [1.807, 2.05) is 24.3 Å². The second kappa shape index (κ2) is 7.19. The van der Waals surface area contributed by atoms with Crippen molar-refractivity contribution in [1.29, 1.82) is 0 Å². The first-order chi connectivity index (χ1) is 9.74. The largest absolute Gasteiger partial charge is 0.357 e. The summed E-state index contributed by atoms with van der Waals surface area (Å²) in [4.78, 5) is 0. The van der Waals surface area contributed by atoms with E-state index in [9.17, 15) is 0 Å². The highest BCUT2D eigenvalue weighted by Gasteiger charge is 2.06. The van der Waals surface area contributed by atoms with Crippen LogP contribution in [0, 0.1) is 0 Å². The second-order valence-electron chi connectivity index (χ2n) is 4.26. The fourth-order valence-corrected chi connectivity index (χ4v) is 2.13. The Kier molecular flexibility index (Phi) is 5.29. The van der Waals surface area contributed by atoms with Crippen molar-refractivity contribution in [3.05, 3.63) is 42.5 Å². The number of benzene rings is 2. The van der Waals surface area contributed by atoms with Gasteiger partial charge in [-0.25, -0.2) is 0 Å². The molecule has 0 aliphatic rings. The number of thiocarbonyl (C=S) groups is 1. The van der Waals surface area contributed by atoms with Gasteiger partial charge in [-0.3, -0.25) is 0 Å². The SMILES string of the molecule is COC(CNC(=S)Nc1cccc2ccccc12)OC. The molecule has 0 radical (unpaired) electrons. The molecule has 0 saturated carbocycles. The van der Waals surface area contributed by atoms with Gasteiger partial charge in [-0.1, -0.05) is 36.4 Å². The van der Waals surface area contributed by atoms with Gasteiger partial charge in [-0.15, -0.1) is 0 Å². The highest BCUT2D eigenvalue weighted by atomic mass is 32.1. The first-order valence-corrected chi connectivity index (χ1v) is 6.73. The lowest BCUT2D eigenvalue weighted by atomic mass is 10.1. The highest BCUT2D eigenvalue weighted by molar-refractivity contribution is 7.80. The number of rotatable bonds is 5. The molecule has 5 heteroatoms. The van der Waals surface area contributed by atoms with Gasteiger partial charge in [0.1, 0.15) is 0 Å². The van der Waals surface area contributed by atoms with Crippen LogP contribution in [0.1, 0.15) is 0 Å². The van der Waals surface area contributed by atoms with Crippen molar-refractivity contribution in [2.45, 2.75) is 6.29 Å². The predicted octanol–water partition coefficient (Wildman–Crippen LogP) is 2.75. The van der Waals surface area contributed by atoms with E-state index >= 15 is 0 Å². The summed E-state index contributed by atoms with van der Waals surface area (Å²) in [6.07, 6.45) is -0.317. The standard InChI is InChI=1S/C15H18N2O2S/c1-18-14(19-2)10-16-15(20)17-13-9-5-7-11-6-3-4-8-12(11)13/h3-9,14H,10H2,1-2H3,(H2,16,17,20). The Hall–Kier alpha value is -1.69. The summed E-state index contributed by atoms with van der Waals surface area (Å²) in [5.41, 5.74) is 0.979. The van der Waals surface area contributed by atoms with E-state index < -0.39 is 0 Å². The van der Waals surface area contributed by atoms with E-state index in [2.05, 4.69) is 28.8 Å². The summed E-state index contributed by atoms with van der Waals surface area (Å²) in [5.74, 6) is 0. The van der Waals surface area contributed by atoms with Crippen LogP contribution in [-0.2, 0) is 9.47 Å². The average Bonchev–Trinajstić information content (AvgIpc) is 2.49. The molecule has 0 spiro atoms. The Balaban J connectivity index is 2.03. The molecule has 0 aliphatic heterocycles. The lowest BCUT2D eigenvalue weighted by Gasteiger charge is -2.16.